The number of aliphatic imine (C=N–C) groups is 1. The second kappa shape index (κ2) is 10.1. The Bertz CT molecular complexity index is 1080. The molecule has 2 N–H and O–H groups in total. The number of halogens is 1. The molecule has 4 rings (SSSR count). The summed E-state index contributed by atoms with van der Waals surface area (Å²) in [6.07, 6.45) is 3.85. The fourth-order valence-electron chi connectivity index (χ4n) is 4.31. The Morgan fingerprint density at radius 3 is 2.58 bits per heavy atom. The van der Waals surface area contributed by atoms with Crippen molar-refractivity contribution in [3.05, 3.63) is 58.9 Å². The Balaban J connectivity index is 1.58. The molecule has 8 nitrogen and oxygen atoms in total. The van der Waals surface area contributed by atoms with Crippen LogP contribution in [0.4, 0.5) is 10.2 Å². The summed E-state index contributed by atoms with van der Waals surface area (Å²) in [6, 6.07) is 6.92. The first kappa shape index (κ1) is 22.8. The molecule has 0 atom stereocenters. The Labute approximate surface area is 193 Å². The van der Waals surface area contributed by atoms with Crippen LogP contribution < -0.4 is 10.6 Å². The van der Waals surface area contributed by atoms with Gasteiger partial charge in [-0.05, 0) is 6.07 Å². The summed E-state index contributed by atoms with van der Waals surface area (Å²) < 4.78 is 14.1. The SMILES string of the molecule is CN=C/C(=C\N)c1nc2c(nc1N1CCN(Cc3ccccc3F)CC1)CCN(C(C)=O)C2. The van der Waals surface area contributed by atoms with E-state index in [1.807, 2.05) is 12.1 Å². The monoisotopic (exact) mass is 451 g/mol. The maximum atomic E-state index is 14.1. The van der Waals surface area contributed by atoms with Crippen LogP contribution in [-0.4, -0.2) is 71.7 Å². The number of amides is 1. The molecule has 1 amide bonds. The molecule has 33 heavy (non-hydrogen) atoms. The van der Waals surface area contributed by atoms with Crippen LogP contribution in [0.2, 0.25) is 0 Å². The Morgan fingerprint density at radius 1 is 1.15 bits per heavy atom. The largest absolute Gasteiger partial charge is 0.404 e. The first-order chi connectivity index (χ1) is 16.0. The fourth-order valence-corrected chi connectivity index (χ4v) is 4.31. The van der Waals surface area contributed by atoms with E-state index in [1.165, 1.54) is 12.3 Å². The summed E-state index contributed by atoms with van der Waals surface area (Å²) >= 11 is 0. The molecule has 2 aliphatic heterocycles. The standard InChI is InChI=1S/C24H30FN7O/c1-17(33)32-8-7-21-22(16-32)28-23(19(13-26)14-27-2)24(29-21)31-11-9-30(10-12-31)15-18-5-3-4-6-20(18)25/h3-6,13-14H,7-12,15-16,26H2,1-2H3/b19-13+,27-14?. The maximum Gasteiger partial charge on any atom is 0.219 e. The van der Waals surface area contributed by atoms with Gasteiger partial charge in [0.05, 0.1) is 17.9 Å². The minimum absolute atomic E-state index is 0.0313. The zero-order valence-corrected chi connectivity index (χ0v) is 19.2. The zero-order chi connectivity index (χ0) is 23.4. The van der Waals surface area contributed by atoms with Crippen molar-refractivity contribution in [1.29, 1.82) is 0 Å². The van der Waals surface area contributed by atoms with Crippen molar-refractivity contribution in [3.8, 4) is 0 Å². The van der Waals surface area contributed by atoms with Crippen LogP contribution in [0.3, 0.4) is 0 Å². The molecule has 3 heterocycles. The van der Waals surface area contributed by atoms with Crippen molar-refractivity contribution in [2.24, 2.45) is 10.7 Å². The second-order valence-corrected chi connectivity index (χ2v) is 8.34. The number of piperazine rings is 1. The lowest BCUT2D eigenvalue weighted by molar-refractivity contribution is -0.129. The first-order valence-corrected chi connectivity index (χ1v) is 11.2. The molecule has 9 heteroatoms. The summed E-state index contributed by atoms with van der Waals surface area (Å²) in [6.45, 7) is 6.31. The number of fused-ring (bicyclic) bond motifs is 1. The van der Waals surface area contributed by atoms with E-state index in [4.69, 9.17) is 15.7 Å². The van der Waals surface area contributed by atoms with Gasteiger partial charge in [-0.3, -0.25) is 14.7 Å². The average molecular weight is 452 g/mol. The lowest BCUT2D eigenvalue weighted by atomic mass is 10.1. The molecule has 2 aromatic rings. The van der Waals surface area contributed by atoms with Crippen molar-refractivity contribution in [2.75, 3.05) is 44.7 Å². The lowest BCUT2D eigenvalue weighted by Gasteiger charge is -2.37. The third-order valence-electron chi connectivity index (χ3n) is 6.18. The van der Waals surface area contributed by atoms with Gasteiger partial charge in [-0.2, -0.15) is 0 Å². The van der Waals surface area contributed by atoms with Crippen molar-refractivity contribution in [1.82, 2.24) is 19.8 Å². The van der Waals surface area contributed by atoms with E-state index in [-0.39, 0.29) is 11.7 Å². The number of aromatic nitrogens is 2. The number of hydrogen-bond acceptors (Lipinski definition) is 7. The molecule has 1 aromatic heterocycles. The highest BCUT2D eigenvalue weighted by atomic mass is 19.1. The van der Waals surface area contributed by atoms with Gasteiger partial charge in [-0.15, -0.1) is 0 Å². The topological polar surface area (TPSA) is 90.9 Å². The summed E-state index contributed by atoms with van der Waals surface area (Å²) in [5, 5.41) is 0. The predicted molar refractivity (Wildman–Crippen MR) is 127 cm³/mol. The maximum absolute atomic E-state index is 14.1. The highest BCUT2D eigenvalue weighted by molar-refractivity contribution is 6.10. The number of nitrogens with zero attached hydrogens (tertiary/aromatic N) is 6. The number of hydrogen-bond donors (Lipinski definition) is 1. The van der Waals surface area contributed by atoms with Gasteiger partial charge in [-0.25, -0.2) is 14.4 Å². The van der Waals surface area contributed by atoms with Crippen LogP contribution >= 0.6 is 0 Å². The lowest BCUT2D eigenvalue weighted by Crippen LogP contribution is -2.47. The van der Waals surface area contributed by atoms with Gasteiger partial charge in [-0.1, -0.05) is 18.2 Å². The molecule has 1 aromatic carbocycles. The van der Waals surface area contributed by atoms with Crippen molar-refractivity contribution >= 4 is 23.5 Å². The van der Waals surface area contributed by atoms with E-state index in [1.54, 1.807) is 31.2 Å². The zero-order valence-electron chi connectivity index (χ0n) is 19.2. The molecule has 0 aliphatic carbocycles. The Morgan fingerprint density at radius 2 is 1.91 bits per heavy atom. The number of carbonyl (C=O) groups is 1. The van der Waals surface area contributed by atoms with Gasteiger partial charge in [0, 0.05) is 83.2 Å². The molecule has 0 unspecified atom stereocenters. The highest BCUT2D eigenvalue weighted by Crippen LogP contribution is 2.28. The minimum Gasteiger partial charge on any atom is -0.404 e. The molecule has 2 aliphatic rings. The van der Waals surface area contributed by atoms with Crippen molar-refractivity contribution in [3.63, 3.8) is 0 Å². The van der Waals surface area contributed by atoms with Crippen LogP contribution in [0.25, 0.3) is 5.57 Å². The van der Waals surface area contributed by atoms with Gasteiger partial charge in [0.2, 0.25) is 5.91 Å². The first-order valence-electron chi connectivity index (χ1n) is 11.2. The van der Waals surface area contributed by atoms with E-state index < -0.39 is 0 Å². The molecule has 0 bridgehead atoms. The molecule has 0 radical (unpaired) electrons. The van der Waals surface area contributed by atoms with Gasteiger partial charge >= 0.3 is 0 Å². The molecule has 0 spiro atoms. The van der Waals surface area contributed by atoms with E-state index in [9.17, 15) is 9.18 Å². The van der Waals surface area contributed by atoms with E-state index in [0.29, 0.717) is 42.9 Å². The number of carbonyl (C=O) groups excluding carboxylic acids is 1. The smallest absolute Gasteiger partial charge is 0.219 e. The minimum atomic E-state index is -0.168. The number of allylic oxidation sites excluding steroid dienone is 1. The second-order valence-electron chi connectivity index (χ2n) is 8.34. The van der Waals surface area contributed by atoms with Gasteiger partial charge in [0.25, 0.3) is 0 Å². The molecule has 1 saturated heterocycles. The van der Waals surface area contributed by atoms with E-state index in [2.05, 4.69) is 14.8 Å². The molecular formula is C24H30FN7O. The van der Waals surface area contributed by atoms with Crippen molar-refractivity contribution < 1.29 is 9.18 Å². The molecule has 0 saturated carbocycles. The van der Waals surface area contributed by atoms with Crippen LogP contribution in [0.1, 0.15) is 29.6 Å². The Hall–Kier alpha value is -3.33. The average Bonchev–Trinajstić information content (AvgIpc) is 2.83. The molecule has 1 fully saturated rings. The summed E-state index contributed by atoms with van der Waals surface area (Å²) in [5.74, 6) is 0.648. The molecule has 174 valence electrons. The summed E-state index contributed by atoms with van der Waals surface area (Å²) in [4.78, 5) is 32.1. The van der Waals surface area contributed by atoms with Crippen LogP contribution in [0.15, 0.2) is 35.5 Å². The van der Waals surface area contributed by atoms with Gasteiger partial charge < -0.3 is 15.5 Å². The highest BCUT2D eigenvalue weighted by Gasteiger charge is 2.27. The fraction of sp³-hybridized carbons (Fsp3) is 0.417. The quantitative estimate of drug-likeness (QED) is 0.698. The van der Waals surface area contributed by atoms with Crippen LogP contribution in [0.5, 0.6) is 0 Å². The van der Waals surface area contributed by atoms with Gasteiger partial charge in [0.1, 0.15) is 11.5 Å². The third-order valence-corrected chi connectivity index (χ3v) is 6.18. The normalized spacial score (nSPS) is 17.5. The molecular weight excluding hydrogens is 421 g/mol. The third kappa shape index (κ3) is 5.03. The number of benzene rings is 1. The van der Waals surface area contributed by atoms with E-state index >= 15 is 0 Å². The van der Waals surface area contributed by atoms with Gasteiger partial charge in [0.15, 0.2) is 5.82 Å². The summed E-state index contributed by atoms with van der Waals surface area (Å²) in [7, 11) is 1.69. The van der Waals surface area contributed by atoms with E-state index in [0.717, 1.165) is 43.4 Å². The van der Waals surface area contributed by atoms with Crippen molar-refractivity contribution in [2.45, 2.75) is 26.4 Å². The number of rotatable bonds is 5. The van der Waals surface area contributed by atoms with Crippen LogP contribution in [-0.2, 0) is 24.3 Å². The number of anilines is 1. The summed E-state index contributed by atoms with van der Waals surface area (Å²) in [5.41, 5.74) is 9.72. The number of nitrogens with two attached hydrogens (primary N) is 1. The predicted octanol–water partition coefficient (Wildman–Crippen LogP) is 1.84. The van der Waals surface area contributed by atoms with Crippen LogP contribution in [0, 0.1) is 5.82 Å². The Kier molecular flexibility index (Phi) is 6.98.